The molecule has 6 nitrogen and oxygen atoms in total. The fourth-order valence-corrected chi connectivity index (χ4v) is 2.09. The summed E-state index contributed by atoms with van der Waals surface area (Å²) in [6, 6.07) is 16.5. The standard InChI is InChI=1S/C18H16N2O4/c19-10-5-11-20(15-7-2-1-3-8-15)17(22)13-24-18(23)14-6-4-9-16(21)12-14/h1-4,6-9,12,21H,5,11,13H2. The third-order valence-electron chi connectivity index (χ3n) is 3.22. The quantitative estimate of drug-likeness (QED) is 0.824. The van der Waals surface area contributed by atoms with E-state index in [2.05, 4.69) is 0 Å². The molecule has 2 rings (SSSR count). The van der Waals surface area contributed by atoms with E-state index in [1.807, 2.05) is 12.1 Å². The molecule has 2 aromatic carbocycles. The number of benzene rings is 2. The van der Waals surface area contributed by atoms with Gasteiger partial charge in [-0.2, -0.15) is 5.26 Å². The summed E-state index contributed by atoms with van der Waals surface area (Å²) in [5.74, 6) is -1.19. The molecule has 0 saturated heterocycles. The summed E-state index contributed by atoms with van der Waals surface area (Å²) < 4.78 is 5.00. The van der Waals surface area contributed by atoms with Crippen molar-refractivity contribution in [3.8, 4) is 11.8 Å². The second kappa shape index (κ2) is 8.34. The van der Waals surface area contributed by atoms with Gasteiger partial charge in [0.2, 0.25) is 0 Å². The minimum Gasteiger partial charge on any atom is -0.508 e. The topological polar surface area (TPSA) is 90.6 Å². The largest absolute Gasteiger partial charge is 0.508 e. The van der Waals surface area contributed by atoms with E-state index in [1.54, 1.807) is 24.3 Å². The molecule has 24 heavy (non-hydrogen) atoms. The van der Waals surface area contributed by atoms with Gasteiger partial charge in [0.1, 0.15) is 5.75 Å². The minimum absolute atomic E-state index is 0.0595. The lowest BCUT2D eigenvalue weighted by atomic mass is 10.2. The number of hydrogen-bond acceptors (Lipinski definition) is 5. The Morgan fingerprint density at radius 2 is 1.88 bits per heavy atom. The Hall–Kier alpha value is -3.33. The van der Waals surface area contributed by atoms with Crippen LogP contribution in [0.25, 0.3) is 0 Å². The molecule has 1 amide bonds. The SMILES string of the molecule is N#CCCN(C(=O)COC(=O)c1cccc(O)c1)c1ccccc1. The number of ether oxygens (including phenoxy) is 1. The van der Waals surface area contributed by atoms with Crippen molar-refractivity contribution in [1.82, 2.24) is 0 Å². The van der Waals surface area contributed by atoms with Crippen LogP contribution in [0.5, 0.6) is 5.75 Å². The Morgan fingerprint density at radius 1 is 1.12 bits per heavy atom. The predicted molar refractivity (Wildman–Crippen MR) is 87.4 cm³/mol. The number of carbonyl (C=O) groups is 2. The summed E-state index contributed by atoms with van der Waals surface area (Å²) in [7, 11) is 0. The summed E-state index contributed by atoms with van der Waals surface area (Å²) in [5.41, 5.74) is 0.789. The average Bonchev–Trinajstić information content (AvgIpc) is 2.61. The van der Waals surface area contributed by atoms with Gasteiger partial charge < -0.3 is 14.7 Å². The smallest absolute Gasteiger partial charge is 0.338 e. The van der Waals surface area contributed by atoms with Crippen molar-refractivity contribution in [2.75, 3.05) is 18.1 Å². The van der Waals surface area contributed by atoms with Gasteiger partial charge in [-0.25, -0.2) is 4.79 Å². The van der Waals surface area contributed by atoms with Crippen molar-refractivity contribution in [1.29, 1.82) is 5.26 Å². The van der Waals surface area contributed by atoms with E-state index in [9.17, 15) is 14.7 Å². The van der Waals surface area contributed by atoms with E-state index < -0.39 is 18.5 Å². The van der Waals surface area contributed by atoms with Crippen LogP contribution in [0.4, 0.5) is 5.69 Å². The van der Waals surface area contributed by atoms with Crippen LogP contribution in [0.2, 0.25) is 0 Å². The number of carbonyl (C=O) groups excluding carboxylic acids is 2. The van der Waals surface area contributed by atoms with Crippen LogP contribution in [0, 0.1) is 11.3 Å². The highest BCUT2D eigenvalue weighted by atomic mass is 16.5. The molecular weight excluding hydrogens is 308 g/mol. The molecule has 0 aliphatic rings. The molecule has 0 atom stereocenters. The van der Waals surface area contributed by atoms with Crippen LogP contribution >= 0.6 is 0 Å². The Bertz CT molecular complexity index is 753. The summed E-state index contributed by atoms with van der Waals surface area (Å²) in [5, 5.41) is 18.1. The van der Waals surface area contributed by atoms with Gasteiger partial charge in [-0.3, -0.25) is 4.79 Å². The van der Waals surface area contributed by atoms with E-state index >= 15 is 0 Å². The van der Waals surface area contributed by atoms with Crippen molar-refractivity contribution >= 4 is 17.6 Å². The normalized spacial score (nSPS) is 9.79. The first-order chi connectivity index (χ1) is 11.6. The van der Waals surface area contributed by atoms with Crippen LogP contribution in [0.1, 0.15) is 16.8 Å². The van der Waals surface area contributed by atoms with Gasteiger partial charge in [0.25, 0.3) is 5.91 Å². The number of aromatic hydroxyl groups is 1. The lowest BCUT2D eigenvalue weighted by molar-refractivity contribution is -0.121. The van der Waals surface area contributed by atoms with Gasteiger partial charge in [-0.05, 0) is 30.3 Å². The Kier molecular flexibility index (Phi) is 5.92. The van der Waals surface area contributed by atoms with Crippen molar-refractivity contribution < 1.29 is 19.4 Å². The molecule has 0 unspecified atom stereocenters. The van der Waals surface area contributed by atoms with E-state index in [1.165, 1.54) is 29.2 Å². The molecular formula is C18H16N2O4. The molecule has 0 aromatic heterocycles. The number of para-hydroxylation sites is 1. The third-order valence-corrected chi connectivity index (χ3v) is 3.22. The zero-order chi connectivity index (χ0) is 17.4. The molecule has 0 aliphatic carbocycles. The first-order valence-electron chi connectivity index (χ1n) is 7.30. The number of amides is 1. The molecule has 1 N–H and O–H groups in total. The number of anilines is 1. The van der Waals surface area contributed by atoms with Crippen molar-refractivity contribution in [3.05, 3.63) is 60.2 Å². The average molecular weight is 324 g/mol. The van der Waals surface area contributed by atoms with E-state index in [4.69, 9.17) is 10.00 Å². The van der Waals surface area contributed by atoms with Crippen LogP contribution in [-0.2, 0) is 9.53 Å². The monoisotopic (exact) mass is 324 g/mol. The fourth-order valence-electron chi connectivity index (χ4n) is 2.09. The lowest BCUT2D eigenvalue weighted by Gasteiger charge is -2.21. The molecule has 2 aromatic rings. The Balaban J connectivity index is 2.02. The minimum atomic E-state index is -0.701. The number of nitriles is 1. The summed E-state index contributed by atoms with van der Waals surface area (Å²) in [4.78, 5) is 25.7. The molecule has 0 radical (unpaired) electrons. The van der Waals surface area contributed by atoms with Gasteiger partial charge in [-0.1, -0.05) is 24.3 Å². The van der Waals surface area contributed by atoms with Crippen LogP contribution in [-0.4, -0.2) is 30.1 Å². The lowest BCUT2D eigenvalue weighted by Crippen LogP contribution is -2.35. The van der Waals surface area contributed by atoms with Crippen LogP contribution in [0.15, 0.2) is 54.6 Å². The predicted octanol–water partition coefficient (Wildman–Crippen LogP) is 2.50. The molecule has 0 heterocycles. The molecule has 0 bridgehead atoms. The maximum Gasteiger partial charge on any atom is 0.338 e. The van der Waals surface area contributed by atoms with E-state index in [0.29, 0.717) is 5.69 Å². The highest BCUT2D eigenvalue weighted by molar-refractivity contribution is 5.97. The molecule has 0 spiro atoms. The highest BCUT2D eigenvalue weighted by Crippen LogP contribution is 2.15. The van der Waals surface area contributed by atoms with E-state index in [-0.39, 0.29) is 24.3 Å². The van der Waals surface area contributed by atoms with Gasteiger partial charge in [-0.15, -0.1) is 0 Å². The maximum atomic E-state index is 12.3. The molecule has 122 valence electrons. The first-order valence-corrected chi connectivity index (χ1v) is 7.30. The summed E-state index contributed by atoms with van der Waals surface area (Å²) in [6.45, 7) is -0.238. The first kappa shape index (κ1) is 17.0. The van der Waals surface area contributed by atoms with Gasteiger partial charge in [0.05, 0.1) is 18.1 Å². The van der Waals surface area contributed by atoms with Crippen molar-refractivity contribution in [3.63, 3.8) is 0 Å². The maximum absolute atomic E-state index is 12.3. The number of phenols is 1. The van der Waals surface area contributed by atoms with Crippen molar-refractivity contribution in [2.24, 2.45) is 0 Å². The number of phenolic OH excluding ortho intramolecular Hbond substituents is 1. The highest BCUT2D eigenvalue weighted by Gasteiger charge is 2.18. The van der Waals surface area contributed by atoms with E-state index in [0.717, 1.165) is 0 Å². The fraction of sp³-hybridized carbons (Fsp3) is 0.167. The van der Waals surface area contributed by atoms with Gasteiger partial charge in [0, 0.05) is 12.2 Å². The zero-order valence-corrected chi connectivity index (χ0v) is 12.9. The molecule has 0 saturated carbocycles. The second-order valence-electron chi connectivity index (χ2n) is 4.92. The summed E-state index contributed by atoms with van der Waals surface area (Å²) in [6.07, 6.45) is 0.168. The van der Waals surface area contributed by atoms with Crippen LogP contribution in [0.3, 0.4) is 0 Å². The number of nitrogens with zero attached hydrogens (tertiary/aromatic N) is 2. The molecule has 6 heteroatoms. The van der Waals surface area contributed by atoms with Gasteiger partial charge in [0.15, 0.2) is 6.61 Å². The van der Waals surface area contributed by atoms with Crippen LogP contribution < -0.4 is 4.90 Å². The molecule has 0 aliphatic heterocycles. The Labute approximate surface area is 139 Å². The van der Waals surface area contributed by atoms with Gasteiger partial charge >= 0.3 is 5.97 Å². The second-order valence-corrected chi connectivity index (χ2v) is 4.92. The third kappa shape index (κ3) is 4.58. The zero-order valence-electron chi connectivity index (χ0n) is 12.9. The van der Waals surface area contributed by atoms with Crippen molar-refractivity contribution in [2.45, 2.75) is 6.42 Å². The molecule has 0 fully saturated rings. The number of hydrogen-bond donors (Lipinski definition) is 1. The number of esters is 1. The Morgan fingerprint density at radius 3 is 2.54 bits per heavy atom. The number of rotatable bonds is 6. The summed E-state index contributed by atoms with van der Waals surface area (Å²) >= 11 is 0.